The molecule has 2 nitrogen and oxygen atoms in total. The van der Waals surface area contributed by atoms with Crippen LogP contribution in [0.15, 0.2) is 0 Å². The lowest BCUT2D eigenvalue weighted by Crippen LogP contribution is -2.15. The van der Waals surface area contributed by atoms with Crippen LogP contribution in [0.1, 0.15) is 73.4 Å². The molecule has 0 radical (unpaired) electrons. The highest BCUT2D eigenvalue weighted by Crippen LogP contribution is 2.43. The van der Waals surface area contributed by atoms with Gasteiger partial charge in [0.15, 0.2) is 0 Å². The van der Waals surface area contributed by atoms with E-state index < -0.39 is 0 Å². The molecule has 0 aliphatic heterocycles. The van der Waals surface area contributed by atoms with Crippen molar-refractivity contribution in [3.05, 3.63) is 15.6 Å². The van der Waals surface area contributed by atoms with Crippen molar-refractivity contribution in [3.8, 4) is 0 Å². The standard InChI is InChI=1S/C14H22N2S/c1-3-9(2)14-16-13(10-4-5-10)12(17-14)8-15-11-6-7-11/h9-11,15H,3-8H2,1-2H3. The topological polar surface area (TPSA) is 24.9 Å². The maximum atomic E-state index is 4.92. The van der Waals surface area contributed by atoms with Gasteiger partial charge in [0.2, 0.25) is 0 Å². The Morgan fingerprint density at radius 2 is 2.12 bits per heavy atom. The van der Waals surface area contributed by atoms with Crippen LogP contribution in [0.4, 0.5) is 0 Å². The summed E-state index contributed by atoms with van der Waals surface area (Å²) in [5.41, 5.74) is 1.43. The smallest absolute Gasteiger partial charge is 0.0959 e. The van der Waals surface area contributed by atoms with E-state index in [4.69, 9.17) is 4.98 Å². The molecule has 17 heavy (non-hydrogen) atoms. The Kier molecular flexibility index (Phi) is 3.22. The molecule has 0 spiro atoms. The lowest BCUT2D eigenvalue weighted by Gasteiger charge is -2.02. The Balaban J connectivity index is 1.75. The molecule has 1 heterocycles. The van der Waals surface area contributed by atoms with Crippen LogP contribution in [0.25, 0.3) is 0 Å². The zero-order chi connectivity index (χ0) is 11.8. The van der Waals surface area contributed by atoms with Gasteiger partial charge in [-0.05, 0) is 32.1 Å². The minimum atomic E-state index is 0.632. The molecule has 2 saturated carbocycles. The van der Waals surface area contributed by atoms with Crippen LogP contribution >= 0.6 is 11.3 Å². The Morgan fingerprint density at radius 3 is 2.71 bits per heavy atom. The van der Waals surface area contributed by atoms with Gasteiger partial charge in [0.1, 0.15) is 0 Å². The van der Waals surface area contributed by atoms with Gasteiger partial charge in [-0.15, -0.1) is 11.3 Å². The first kappa shape index (κ1) is 11.7. The third-order valence-corrected chi connectivity index (χ3v) is 5.17. The second-order valence-electron chi connectivity index (χ2n) is 5.60. The second-order valence-corrected chi connectivity index (χ2v) is 6.71. The van der Waals surface area contributed by atoms with E-state index in [1.165, 1.54) is 47.7 Å². The van der Waals surface area contributed by atoms with Crippen LogP contribution in [0.3, 0.4) is 0 Å². The average molecular weight is 250 g/mol. The fraction of sp³-hybridized carbons (Fsp3) is 0.786. The van der Waals surface area contributed by atoms with Crippen molar-refractivity contribution in [1.82, 2.24) is 10.3 Å². The molecular weight excluding hydrogens is 228 g/mol. The third-order valence-electron chi connectivity index (χ3n) is 3.87. The lowest BCUT2D eigenvalue weighted by atomic mass is 10.1. The quantitative estimate of drug-likeness (QED) is 0.831. The number of hydrogen-bond acceptors (Lipinski definition) is 3. The van der Waals surface area contributed by atoms with E-state index in [0.717, 1.165) is 18.5 Å². The summed E-state index contributed by atoms with van der Waals surface area (Å²) in [4.78, 5) is 6.44. The van der Waals surface area contributed by atoms with Gasteiger partial charge in [-0.2, -0.15) is 0 Å². The van der Waals surface area contributed by atoms with E-state index in [1.54, 1.807) is 0 Å². The van der Waals surface area contributed by atoms with Crippen molar-refractivity contribution in [2.24, 2.45) is 0 Å². The molecule has 1 aromatic rings. The van der Waals surface area contributed by atoms with Crippen molar-refractivity contribution in [2.45, 2.75) is 70.4 Å². The molecule has 0 saturated heterocycles. The third kappa shape index (κ3) is 2.71. The highest BCUT2D eigenvalue weighted by Gasteiger charge is 2.30. The van der Waals surface area contributed by atoms with E-state index in [-0.39, 0.29) is 0 Å². The summed E-state index contributed by atoms with van der Waals surface area (Å²) in [6, 6.07) is 0.802. The SMILES string of the molecule is CCC(C)c1nc(C2CC2)c(CNC2CC2)s1. The average Bonchev–Trinajstić information content (AvgIpc) is 3.25. The predicted molar refractivity (Wildman–Crippen MR) is 72.7 cm³/mol. The molecule has 2 fully saturated rings. The Labute approximate surface area is 108 Å². The van der Waals surface area contributed by atoms with Crippen LogP contribution in [0.2, 0.25) is 0 Å². The number of nitrogens with one attached hydrogen (secondary N) is 1. The summed E-state index contributed by atoms with van der Waals surface area (Å²) in [5, 5.41) is 5.00. The summed E-state index contributed by atoms with van der Waals surface area (Å²) in [6.45, 7) is 5.61. The highest BCUT2D eigenvalue weighted by molar-refractivity contribution is 7.11. The van der Waals surface area contributed by atoms with Gasteiger partial charge in [0, 0.05) is 29.3 Å². The summed E-state index contributed by atoms with van der Waals surface area (Å²) in [6.07, 6.45) is 6.67. The lowest BCUT2D eigenvalue weighted by molar-refractivity contribution is 0.687. The molecule has 1 aromatic heterocycles. The molecule has 2 aliphatic carbocycles. The molecule has 2 aliphatic rings. The maximum absolute atomic E-state index is 4.92. The minimum absolute atomic E-state index is 0.632. The van der Waals surface area contributed by atoms with Crippen LogP contribution < -0.4 is 5.32 Å². The summed E-state index contributed by atoms with van der Waals surface area (Å²) in [7, 11) is 0. The predicted octanol–water partition coefficient (Wildman–Crippen LogP) is 3.79. The van der Waals surface area contributed by atoms with Crippen molar-refractivity contribution in [3.63, 3.8) is 0 Å². The van der Waals surface area contributed by atoms with E-state index in [2.05, 4.69) is 19.2 Å². The summed E-state index contributed by atoms with van der Waals surface area (Å²) < 4.78 is 0. The molecule has 0 aromatic carbocycles. The van der Waals surface area contributed by atoms with Crippen molar-refractivity contribution >= 4 is 11.3 Å². The van der Waals surface area contributed by atoms with Crippen LogP contribution in [0.5, 0.6) is 0 Å². The second kappa shape index (κ2) is 4.69. The monoisotopic (exact) mass is 250 g/mol. The van der Waals surface area contributed by atoms with Gasteiger partial charge in [0.05, 0.1) is 10.7 Å². The fourth-order valence-electron chi connectivity index (χ4n) is 2.09. The largest absolute Gasteiger partial charge is 0.309 e. The van der Waals surface area contributed by atoms with Gasteiger partial charge < -0.3 is 5.32 Å². The molecule has 0 amide bonds. The molecule has 3 heteroatoms. The van der Waals surface area contributed by atoms with Crippen LogP contribution in [0, 0.1) is 0 Å². The van der Waals surface area contributed by atoms with Crippen molar-refractivity contribution in [1.29, 1.82) is 0 Å². The zero-order valence-corrected chi connectivity index (χ0v) is 11.6. The van der Waals surface area contributed by atoms with Crippen LogP contribution in [-0.4, -0.2) is 11.0 Å². The molecule has 1 unspecified atom stereocenters. The summed E-state index contributed by atoms with van der Waals surface area (Å²) in [5.74, 6) is 1.42. The van der Waals surface area contributed by atoms with E-state index in [0.29, 0.717) is 5.92 Å². The van der Waals surface area contributed by atoms with E-state index in [9.17, 15) is 0 Å². The fourth-order valence-corrected chi connectivity index (χ4v) is 3.33. The molecular formula is C14H22N2S. The van der Waals surface area contributed by atoms with Crippen LogP contribution in [-0.2, 0) is 6.54 Å². The van der Waals surface area contributed by atoms with Crippen molar-refractivity contribution in [2.75, 3.05) is 0 Å². The maximum Gasteiger partial charge on any atom is 0.0959 e. The Hall–Kier alpha value is -0.410. The number of aromatic nitrogens is 1. The molecule has 3 rings (SSSR count). The van der Waals surface area contributed by atoms with Gasteiger partial charge in [0.25, 0.3) is 0 Å². The normalized spacial score (nSPS) is 21.8. The molecule has 1 atom stereocenters. The molecule has 94 valence electrons. The van der Waals surface area contributed by atoms with Gasteiger partial charge in [-0.1, -0.05) is 13.8 Å². The van der Waals surface area contributed by atoms with Gasteiger partial charge >= 0.3 is 0 Å². The number of hydrogen-bond donors (Lipinski definition) is 1. The highest BCUT2D eigenvalue weighted by atomic mass is 32.1. The van der Waals surface area contributed by atoms with Gasteiger partial charge in [-0.3, -0.25) is 0 Å². The van der Waals surface area contributed by atoms with Crippen molar-refractivity contribution < 1.29 is 0 Å². The molecule has 1 N–H and O–H groups in total. The number of nitrogens with zero attached hydrogens (tertiary/aromatic N) is 1. The van der Waals surface area contributed by atoms with Gasteiger partial charge in [-0.25, -0.2) is 4.98 Å². The first-order valence-corrected chi connectivity index (χ1v) is 7.82. The first-order valence-electron chi connectivity index (χ1n) is 7.00. The molecule has 0 bridgehead atoms. The van der Waals surface area contributed by atoms with E-state index in [1.807, 2.05) is 11.3 Å². The first-order chi connectivity index (χ1) is 8.28. The minimum Gasteiger partial charge on any atom is -0.309 e. The Morgan fingerprint density at radius 1 is 1.35 bits per heavy atom. The number of thiazole rings is 1. The van der Waals surface area contributed by atoms with E-state index >= 15 is 0 Å². The Bertz CT molecular complexity index is 391. The number of rotatable bonds is 6. The zero-order valence-electron chi connectivity index (χ0n) is 10.8. The summed E-state index contributed by atoms with van der Waals surface area (Å²) >= 11 is 1.96.